The van der Waals surface area contributed by atoms with Crippen molar-refractivity contribution >= 4 is 27.7 Å². The number of hydrogen-bond acceptors (Lipinski definition) is 2. The molecule has 0 spiro atoms. The molecular formula is C11H11BrN2O. The molecule has 0 aliphatic heterocycles. The number of fused-ring (bicyclic) bond motifs is 1. The van der Waals surface area contributed by atoms with Crippen LogP contribution in [0.15, 0.2) is 22.8 Å². The lowest BCUT2D eigenvalue weighted by molar-refractivity contribution is 0.112. The molecule has 2 rings (SSSR count). The van der Waals surface area contributed by atoms with Crippen LogP contribution in [0.25, 0.3) is 5.52 Å². The molecule has 2 aromatic rings. The van der Waals surface area contributed by atoms with E-state index < -0.39 is 0 Å². The Balaban J connectivity index is 2.87. The molecule has 2 aromatic heterocycles. The fourth-order valence-corrected chi connectivity index (χ4v) is 2.19. The Kier molecular flexibility index (Phi) is 2.61. The lowest BCUT2D eigenvalue weighted by Gasteiger charge is -2.03. The van der Waals surface area contributed by atoms with Crippen molar-refractivity contribution in [1.82, 2.24) is 9.38 Å². The van der Waals surface area contributed by atoms with Gasteiger partial charge in [0.2, 0.25) is 0 Å². The highest BCUT2D eigenvalue weighted by Gasteiger charge is 2.14. The molecule has 0 saturated carbocycles. The Morgan fingerprint density at radius 2 is 2.27 bits per heavy atom. The average Bonchev–Trinajstić information content (AvgIpc) is 2.58. The number of carbonyl (C=O) groups is 1. The summed E-state index contributed by atoms with van der Waals surface area (Å²) in [5.41, 5.74) is 1.34. The number of pyridine rings is 1. The van der Waals surface area contributed by atoms with Crippen LogP contribution in [0.4, 0.5) is 0 Å². The summed E-state index contributed by atoms with van der Waals surface area (Å²) in [4.78, 5) is 15.2. The number of aldehydes is 1. The van der Waals surface area contributed by atoms with E-state index in [1.54, 1.807) is 0 Å². The second kappa shape index (κ2) is 3.77. The van der Waals surface area contributed by atoms with Gasteiger partial charge in [0.15, 0.2) is 6.29 Å². The van der Waals surface area contributed by atoms with Crippen LogP contribution in [0, 0.1) is 0 Å². The van der Waals surface area contributed by atoms with Gasteiger partial charge in [-0.3, -0.25) is 4.79 Å². The Labute approximate surface area is 96.3 Å². The van der Waals surface area contributed by atoms with E-state index in [1.165, 1.54) is 0 Å². The topological polar surface area (TPSA) is 34.4 Å². The van der Waals surface area contributed by atoms with Crippen LogP contribution in [0.1, 0.15) is 36.1 Å². The zero-order chi connectivity index (χ0) is 11.0. The maximum absolute atomic E-state index is 10.9. The van der Waals surface area contributed by atoms with Crippen LogP contribution in [-0.4, -0.2) is 15.7 Å². The summed E-state index contributed by atoms with van der Waals surface area (Å²) >= 11 is 3.43. The van der Waals surface area contributed by atoms with Crippen molar-refractivity contribution in [1.29, 1.82) is 0 Å². The van der Waals surface area contributed by atoms with Gasteiger partial charge in [-0.25, -0.2) is 4.98 Å². The number of nitrogens with zero attached hydrogens (tertiary/aromatic N) is 2. The van der Waals surface area contributed by atoms with E-state index in [4.69, 9.17) is 0 Å². The predicted octanol–water partition coefficient (Wildman–Crippen LogP) is 3.03. The molecule has 0 unspecified atom stereocenters. The van der Waals surface area contributed by atoms with E-state index in [2.05, 4.69) is 34.8 Å². The SMILES string of the molecule is CC(C)c1nc(C=O)c2c(Br)cccn12. The van der Waals surface area contributed by atoms with Gasteiger partial charge in [0.1, 0.15) is 11.5 Å². The number of halogens is 1. The molecule has 2 heterocycles. The summed E-state index contributed by atoms with van der Waals surface area (Å²) in [6, 6.07) is 3.84. The van der Waals surface area contributed by atoms with Crippen molar-refractivity contribution < 1.29 is 4.79 Å². The normalized spacial score (nSPS) is 11.2. The quantitative estimate of drug-likeness (QED) is 0.784. The molecule has 0 fully saturated rings. The first-order valence-electron chi connectivity index (χ1n) is 4.76. The van der Waals surface area contributed by atoms with E-state index in [0.717, 1.165) is 22.1 Å². The van der Waals surface area contributed by atoms with Gasteiger partial charge < -0.3 is 4.40 Å². The molecule has 78 valence electrons. The molecule has 0 amide bonds. The molecule has 3 nitrogen and oxygen atoms in total. The van der Waals surface area contributed by atoms with E-state index >= 15 is 0 Å². The smallest absolute Gasteiger partial charge is 0.170 e. The fourth-order valence-electron chi connectivity index (χ4n) is 1.64. The molecular weight excluding hydrogens is 256 g/mol. The summed E-state index contributed by atoms with van der Waals surface area (Å²) in [5, 5.41) is 0. The zero-order valence-electron chi connectivity index (χ0n) is 8.57. The Morgan fingerprint density at radius 3 is 2.87 bits per heavy atom. The minimum absolute atomic E-state index is 0.292. The summed E-state index contributed by atoms with van der Waals surface area (Å²) in [5.74, 6) is 1.20. The molecule has 0 aromatic carbocycles. The van der Waals surface area contributed by atoms with Crippen molar-refractivity contribution in [2.45, 2.75) is 19.8 Å². The predicted molar refractivity (Wildman–Crippen MR) is 62.4 cm³/mol. The first-order chi connectivity index (χ1) is 7.15. The first kappa shape index (κ1) is 10.4. The first-order valence-corrected chi connectivity index (χ1v) is 5.56. The summed E-state index contributed by atoms with van der Waals surface area (Å²) < 4.78 is 2.85. The van der Waals surface area contributed by atoms with Crippen molar-refractivity contribution in [3.05, 3.63) is 34.3 Å². The van der Waals surface area contributed by atoms with Gasteiger partial charge in [-0.05, 0) is 28.1 Å². The molecule has 0 N–H and O–H groups in total. The lowest BCUT2D eigenvalue weighted by Crippen LogP contribution is -1.96. The number of hydrogen-bond donors (Lipinski definition) is 0. The van der Waals surface area contributed by atoms with Crippen molar-refractivity contribution in [3.8, 4) is 0 Å². The van der Waals surface area contributed by atoms with Gasteiger partial charge in [-0.1, -0.05) is 13.8 Å². The second-order valence-corrected chi connectivity index (χ2v) is 4.56. The lowest BCUT2D eigenvalue weighted by atomic mass is 10.2. The monoisotopic (exact) mass is 266 g/mol. The van der Waals surface area contributed by atoms with Gasteiger partial charge in [0.05, 0.1) is 5.52 Å². The van der Waals surface area contributed by atoms with E-state index in [-0.39, 0.29) is 0 Å². The molecule has 0 aliphatic carbocycles. The van der Waals surface area contributed by atoms with E-state index in [0.29, 0.717) is 11.6 Å². The Hall–Kier alpha value is -1.16. The number of rotatable bonds is 2. The van der Waals surface area contributed by atoms with Gasteiger partial charge in [-0.2, -0.15) is 0 Å². The highest BCUT2D eigenvalue weighted by molar-refractivity contribution is 9.10. The number of aromatic nitrogens is 2. The van der Waals surface area contributed by atoms with Crippen LogP contribution >= 0.6 is 15.9 Å². The van der Waals surface area contributed by atoms with Gasteiger partial charge in [0, 0.05) is 16.6 Å². The minimum Gasteiger partial charge on any atom is -0.302 e. The zero-order valence-corrected chi connectivity index (χ0v) is 10.2. The van der Waals surface area contributed by atoms with Crippen molar-refractivity contribution in [2.75, 3.05) is 0 Å². The van der Waals surface area contributed by atoms with Crippen LogP contribution in [-0.2, 0) is 0 Å². The summed E-state index contributed by atoms with van der Waals surface area (Å²) in [6.07, 6.45) is 2.72. The van der Waals surface area contributed by atoms with Crippen LogP contribution in [0.5, 0.6) is 0 Å². The second-order valence-electron chi connectivity index (χ2n) is 3.70. The van der Waals surface area contributed by atoms with E-state index in [9.17, 15) is 4.79 Å². The average molecular weight is 267 g/mol. The maximum atomic E-state index is 10.9. The Bertz CT molecular complexity index is 517. The number of imidazole rings is 1. The highest BCUT2D eigenvalue weighted by Crippen LogP contribution is 2.24. The molecule has 0 bridgehead atoms. The minimum atomic E-state index is 0.292. The third kappa shape index (κ3) is 1.59. The third-order valence-corrected chi connectivity index (χ3v) is 2.94. The van der Waals surface area contributed by atoms with E-state index in [1.807, 2.05) is 22.7 Å². The maximum Gasteiger partial charge on any atom is 0.170 e. The van der Waals surface area contributed by atoms with Crippen molar-refractivity contribution in [3.63, 3.8) is 0 Å². The summed E-state index contributed by atoms with van der Waals surface area (Å²) in [6.45, 7) is 4.12. The third-order valence-electron chi connectivity index (χ3n) is 2.30. The Morgan fingerprint density at radius 1 is 1.53 bits per heavy atom. The largest absolute Gasteiger partial charge is 0.302 e. The highest BCUT2D eigenvalue weighted by atomic mass is 79.9. The van der Waals surface area contributed by atoms with Crippen LogP contribution < -0.4 is 0 Å². The standard InChI is InChI=1S/C11H11BrN2O/c1-7(2)11-13-9(6-15)10-8(12)4-3-5-14(10)11/h3-7H,1-2H3. The van der Waals surface area contributed by atoms with Crippen LogP contribution in [0.2, 0.25) is 0 Å². The fraction of sp³-hybridized carbons (Fsp3) is 0.273. The van der Waals surface area contributed by atoms with Gasteiger partial charge in [0.25, 0.3) is 0 Å². The van der Waals surface area contributed by atoms with Gasteiger partial charge in [-0.15, -0.1) is 0 Å². The molecule has 4 heteroatoms. The molecule has 15 heavy (non-hydrogen) atoms. The number of carbonyl (C=O) groups excluding carboxylic acids is 1. The molecule has 0 saturated heterocycles. The van der Waals surface area contributed by atoms with Gasteiger partial charge >= 0.3 is 0 Å². The van der Waals surface area contributed by atoms with Crippen molar-refractivity contribution in [2.24, 2.45) is 0 Å². The summed E-state index contributed by atoms with van der Waals surface area (Å²) in [7, 11) is 0. The molecule has 0 atom stereocenters. The molecule has 0 radical (unpaired) electrons. The molecule has 0 aliphatic rings. The van der Waals surface area contributed by atoms with Crippen LogP contribution in [0.3, 0.4) is 0 Å².